The third-order valence-corrected chi connectivity index (χ3v) is 4.66. The van der Waals surface area contributed by atoms with Gasteiger partial charge in [-0.15, -0.1) is 0 Å². The summed E-state index contributed by atoms with van der Waals surface area (Å²) in [5, 5.41) is 0. The molecule has 0 N–H and O–H groups in total. The van der Waals surface area contributed by atoms with Crippen LogP contribution in [0.25, 0.3) is 0 Å². The topological polar surface area (TPSA) is 53.5 Å². The van der Waals surface area contributed by atoms with Crippen LogP contribution >= 0.6 is 0 Å². The number of pyridine rings is 1. The molecule has 0 saturated carbocycles. The average molecular weight is 355 g/mol. The first-order chi connectivity index (χ1) is 12.5. The largest absolute Gasteiger partial charge is 0.339 e. The highest BCUT2D eigenvalue weighted by Crippen LogP contribution is 2.15. The summed E-state index contributed by atoms with van der Waals surface area (Å²) in [6.07, 6.45) is 3.77. The summed E-state index contributed by atoms with van der Waals surface area (Å²) in [5.74, 6) is -0.435. The summed E-state index contributed by atoms with van der Waals surface area (Å²) in [5.41, 5.74) is 1.51. The Morgan fingerprint density at radius 2 is 1.73 bits per heavy atom. The van der Waals surface area contributed by atoms with E-state index in [-0.39, 0.29) is 23.5 Å². The Labute approximate surface area is 152 Å². The van der Waals surface area contributed by atoms with Gasteiger partial charge in [0.1, 0.15) is 5.82 Å². The van der Waals surface area contributed by atoms with E-state index in [0.29, 0.717) is 38.2 Å². The Morgan fingerprint density at radius 1 is 1.08 bits per heavy atom. The van der Waals surface area contributed by atoms with Crippen molar-refractivity contribution in [3.8, 4) is 0 Å². The van der Waals surface area contributed by atoms with E-state index in [1.165, 1.54) is 12.1 Å². The van der Waals surface area contributed by atoms with Gasteiger partial charge in [-0.2, -0.15) is 0 Å². The number of hydrogen-bond acceptors (Lipinski definition) is 3. The van der Waals surface area contributed by atoms with Crippen molar-refractivity contribution in [3.63, 3.8) is 0 Å². The second-order valence-corrected chi connectivity index (χ2v) is 6.59. The molecule has 2 heterocycles. The van der Waals surface area contributed by atoms with Crippen molar-refractivity contribution >= 4 is 11.8 Å². The van der Waals surface area contributed by atoms with E-state index in [0.717, 1.165) is 5.56 Å². The third-order valence-electron chi connectivity index (χ3n) is 4.66. The zero-order valence-electron chi connectivity index (χ0n) is 14.8. The molecular weight excluding hydrogens is 333 g/mol. The minimum atomic E-state index is -0.276. The molecule has 1 aromatic heterocycles. The van der Waals surface area contributed by atoms with Crippen molar-refractivity contribution in [1.82, 2.24) is 14.8 Å². The molecule has 0 aliphatic carbocycles. The molecule has 5 nitrogen and oxygen atoms in total. The molecule has 136 valence electrons. The maximum atomic E-state index is 13.0. The van der Waals surface area contributed by atoms with Crippen LogP contribution < -0.4 is 0 Å². The van der Waals surface area contributed by atoms with E-state index in [2.05, 4.69) is 4.98 Å². The second-order valence-electron chi connectivity index (χ2n) is 6.59. The summed E-state index contributed by atoms with van der Waals surface area (Å²) in [7, 11) is 0. The number of benzene rings is 1. The number of nitrogens with zero attached hydrogens (tertiary/aromatic N) is 3. The first-order valence-electron chi connectivity index (χ1n) is 8.77. The lowest BCUT2D eigenvalue weighted by Crippen LogP contribution is -2.51. The van der Waals surface area contributed by atoms with Crippen LogP contribution in [0.2, 0.25) is 0 Å². The average Bonchev–Trinajstić information content (AvgIpc) is 2.69. The number of piperazine rings is 1. The van der Waals surface area contributed by atoms with Crippen LogP contribution in [0.1, 0.15) is 22.8 Å². The Kier molecular flexibility index (Phi) is 5.61. The van der Waals surface area contributed by atoms with Crippen molar-refractivity contribution < 1.29 is 14.0 Å². The van der Waals surface area contributed by atoms with Gasteiger partial charge >= 0.3 is 0 Å². The number of hydrogen-bond donors (Lipinski definition) is 0. The molecule has 26 heavy (non-hydrogen) atoms. The maximum absolute atomic E-state index is 13.0. The third kappa shape index (κ3) is 4.25. The number of carbonyl (C=O) groups excluding carboxylic acids is 2. The van der Waals surface area contributed by atoms with Crippen LogP contribution in [-0.4, -0.2) is 52.8 Å². The highest BCUT2D eigenvalue weighted by Gasteiger charge is 2.27. The summed E-state index contributed by atoms with van der Waals surface area (Å²) >= 11 is 0. The summed E-state index contributed by atoms with van der Waals surface area (Å²) in [6, 6.07) is 9.74. The number of carbonyl (C=O) groups is 2. The molecule has 3 rings (SSSR count). The summed E-state index contributed by atoms with van der Waals surface area (Å²) in [4.78, 5) is 32.6. The van der Waals surface area contributed by atoms with Crippen molar-refractivity contribution in [3.05, 3.63) is 65.7 Å². The summed E-state index contributed by atoms with van der Waals surface area (Å²) in [6.45, 7) is 3.97. The minimum absolute atomic E-state index is 0.0513. The SMILES string of the molecule is CC(Cc1ccc(F)cc1)C(=O)N1CCN(C(=O)c2cccnc2)CC1. The van der Waals surface area contributed by atoms with Crippen molar-refractivity contribution in [2.45, 2.75) is 13.3 Å². The van der Waals surface area contributed by atoms with E-state index in [1.807, 2.05) is 6.92 Å². The van der Waals surface area contributed by atoms with Gasteiger partial charge in [0, 0.05) is 44.5 Å². The van der Waals surface area contributed by atoms with Crippen LogP contribution in [0, 0.1) is 11.7 Å². The molecular formula is C20H22FN3O2. The Morgan fingerprint density at radius 3 is 2.35 bits per heavy atom. The van der Waals surface area contributed by atoms with Crippen molar-refractivity contribution in [2.75, 3.05) is 26.2 Å². The molecule has 1 aliphatic heterocycles. The van der Waals surface area contributed by atoms with Crippen molar-refractivity contribution in [1.29, 1.82) is 0 Å². The second kappa shape index (κ2) is 8.08. The number of aromatic nitrogens is 1. The molecule has 0 spiro atoms. The smallest absolute Gasteiger partial charge is 0.255 e. The lowest BCUT2D eigenvalue weighted by molar-refractivity contribution is -0.136. The molecule has 1 aliphatic rings. The van der Waals surface area contributed by atoms with Gasteiger partial charge in [0.15, 0.2) is 0 Å². The Hall–Kier alpha value is -2.76. The Bertz CT molecular complexity index is 756. The van der Waals surface area contributed by atoms with E-state index in [1.54, 1.807) is 46.5 Å². The van der Waals surface area contributed by atoms with Crippen LogP contribution in [0.4, 0.5) is 4.39 Å². The monoisotopic (exact) mass is 355 g/mol. The van der Waals surface area contributed by atoms with E-state index >= 15 is 0 Å². The van der Waals surface area contributed by atoms with Crippen molar-refractivity contribution in [2.24, 2.45) is 5.92 Å². The molecule has 0 radical (unpaired) electrons. The van der Waals surface area contributed by atoms with E-state index < -0.39 is 0 Å². The standard InChI is InChI=1S/C20H22FN3O2/c1-15(13-16-4-6-18(21)7-5-16)19(25)23-9-11-24(12-10-23)20(26)17-3-2-8-22-14-17/h2-8,14-15H,9-13H2,1H3. The van der Waals surface area contributed by atoms with Gasteiger partial charge in [-0.25, -0.2) is 4.39 Å². The van der Waals surface area contributed by atoms with Crippen LogP contribution in [-0.2, 0) is 11.2 Å². The minimum Gasteiger partial charge on any atom is -0.339 e. The van der Waals surface area contributed by atoms with Crippen LogP contribution in [0.3, 0.4) is 0 Å². The fourth-order valence-corrected chi connectivity index (χ4v) is 3.17. The van der Waals surface area contributed by atoms with Gasteiger partial charge in [-0.3, -0.25) is 14.6 Å². The van der Waals surface area contributed by atoms with Gasteiger partial charge in [-0.1, -0.05) is 19.1 Å². The van der Waals surface area contributed by atoms with Gasteiger partial charge < -0.3 is 9.80 Å². The lowest BCUT2D eigenvalue weighted by Gasteiger charge is -2.36. The molecule has 2 aromatic rings. The quantitative estimate of drug-likeness (QED) is 0.846. The molecule has 1 aromatic carbocycles. The van der Waals surface area contributed by atoms with Gasteiger partial charge in [0.25, 0.3) is 5.91 Å². The van der Waals surface area contributed by atoms with Gasteiger partial charge in [0.05, 0.1) is 5.56 Å². The molecule has 6 heteroatoms. The summed E-state index contributed by atoms with van der Waals surface area (Å²) < 4.78 is 13.0. The molecule has 1 saturated heterocycles. The highest BCUT2D eigenvalue weighted by molar-refractivity contribution is 5.94. The predicted octanol–water partition coefficient (Wildman–Crippen LogP) is 2.38. The lowest BCUT2D eigenvalue weighted by atomic mass is 9.99. The molecule has 1 fully saturated rings. The predicted molar refractivity (Wildman–Crippen MR) is 96.0 cm³/mol. The fraction of sp³-hybridized carbons (Fsp3) is 0.350. The number of amides is 2. The highest BCUT2D eigenvalue weighted by atomic mass is 19.1. The first-order valence-corrected chi connectivity index (χ1v) is 8.77. The molecule has 0 bridgehead atoms. The van der Waals surface area contributed by atoms with E-state index in [9.17, 15) is 14.0 Å². The molecule has 1 atom stereocenters. The fourth-order valence-electron chi connectivity index (χ4n) is 3.17. The Balaban J connectivity index is 1.53. The number of rotatable bonds is 4. The van der Waals surface area contributed by atoms with Gasteiger partial charge in [-0.05, 0) is 36.2 Å². The van der Waals surface area contributed by atoms with Gasteiger partial charge in [0.2, 0.25) is 5.91 Å². The van der Waals surface area contributed by atoms with Crippen LogP contribution in [0.5, 0.6) is 0 Å². The first kappa shape index (κ1) is 18.0. The maximum Gasteiger partial charge on any atom is 0.255 e. The zero-order chi connectivity index (χ0) is 18.5. The zero-order valence-corrected chi connectivity index (χ0v) is 14.8. The molecule has 2 amide bonds. The van der Waals surface area contributed by atoms with Crippen LogP contribution in [0.15, 0.2) is 48.8 Å². The van der Waals surface area contributed by atoms with E-state index in [4.69, 9.17) is 0 Å². The number of halogens is 1. The molecule has 1 unspecified atom stereocenters. The normalized spacial score (nSPS) is 15.6.